The van der Waals surface area contributed by atoms with E-state index in [1.807, 2.05) is 28.1 Å². The maximum atomic E-state index is 12.4. The molecular weight excluding hydrogens is 352 g/mol. The number of hydrogen-bond acceptors (Lipinski definition) is 4. The van der Waals surface area contributed by atoms with Gasteiger partial charge in [0.15, 0.2) is 10.6 Å². The van der Waals surface area contributed by atoms with E-state index in [-0.39, 0.29) is 11.9 Å². The van der Waals surface area contributed by atoms with Crippen molar-refractivity contribution in [1.82, 2.24) is 20.1 Å². The molecule has 2 N–H and O–H groups in total. The van der Waals surface area contributed by atoms with E-state index in [0.717, 1.165) is 23.5 Å². The van der Waals surface area contributed by atoms with Crippen LogP contribution in [0.4, 0.5) is 0 Å². The maximum absolute atomic E-state index is 12.4. The van der Waals surface area contributed by atoms with Gasteiger partial charge in [-0.2, -0.15) is 5.10 Å². The molecule has 1 aromatic carbocycles. The van der Waals surface area contributed by atoms with E-state index < -0.39 is 0 Å². The molecule has 0 saturated carbocycles. The van der Waals surface area contributed by atoms with Crippen LogP contribution < -0.4 is 5.32 Å². The van der Waals surface area contributed by atoms with Crippen LogP contribution in [0.5, 0.6) is 0 Å². The van der Waals surface area contributed by atoms with Gasteiger partial charge in [-0.25, -0.2) is 0 Å². The molecule has 0 saturated heterocycles. The molecule has 3 aromatic rings. The van der Waals surface area contributed by atoms with E-state index in [2.05, 4.69) is 33.7 Å². The fraction of sp³-hybridized carbons (Fsp3) is 0.278. The molecule has 1 aliphatic rings. The number of aromatic amines is 1. The number of rotatable bonds is 5. The highest BCUT2D eigenvalue weighted by molar-refractivity contribution is 7.71. The molecule has 1 unspecified atom stereocenters. The van der Waals surface area contributed by atoms with Crippen LogP contribution in [0.25, 0.3) is 10.7 Å². The molecule has 2 aromatic heterocycles. The van der Waals surface area contributed by atoms with Gasteiger partial charge in [0.2, 0.25) is 5.91 Å². The third kappa shape index (κ3) is 3.29. The Kier molecular flexibility index (Phi) is 4.50. The number of nitrogens with one attached hydrogen (secondary N) is 2. The van der Waals surface area contributed by atoms with E-state index in [1.54, 1.807) is 11.3 Å². The standard InChI is InChI=1S/C18H18N4OS2/c23-16(19-14-8-7-12-4-1-2-5-13(12)14)9-10-22-17(20-21-18(22)24)15-6-3-11-25-15/h1-6,11,14H,7-10H2,(H,19,23)(H,21,24). The molecule has 0 radical (unpaired) electrons. The minimum Gasteiger partial charge on any atom is -0.349 e. The van der Waals surface area contributed by atoms with Crippen molar-refractivity contribution in [2.24, 2.45) is 0 Å². The maximum Gasteiger partial charge on any atom is 0.222 e. The molecule has 5 nitrogen and oxygen atoms in total. The molecule has 1 aliphatic carbocycles. The van der Waals surface area contributed by atoms with Crippen LogP contribution >= 0.6 is 23.6 Å². The number of fused-ring (bicyclic) bond motifs is 1. The van der Waals surface area contributed by atoms with Crippen LogP contribution in [-0.2, 0) is 17.8 Å². The Morgan fingerprint density at radius 1 is 1.36 bits per heavy atom. The van der Waals surface area contributed by atoms with Crippen LogP contribution in [0.3, 0.4) is 0 Å². The minimum atomic E-state index is 0.0435. The van der Waals surface area contributed by atoms with Gasteiger partial charge in [-0.15, -0.1) is 11.3 Å². The predicted octanol–water partition coefficient (Wildman–Crippen LogP) is 3.86. The average molecular weight is 371 g/mol. The lowest BCUT2D eigenvalue weighted by atomic mass is 10.1. The Morgan fingerprint density at radius 3 is 3.08 bits per heavy atom. The van der Waals surface area contributed by atoms with Crippen LogP contribution in [0, 0.1) is 4.77 Å². The lowest BCUT2D eigenvalue weighted by molar-refractivity contribution is -0.122. The van der Waals surface area contributed by atoms with E-state index in [0.29, 0.717) is 17.7 Å². The van der Waals surface area contributed by atoms with Crippen LogP contribution in [0.15, 0.2) is 41.8 Å². The molecular formula is C18H18N4OS2. The second kappa shape index (κ2) is 6.93. The van der Waals surface area contributed by atoms with Crippen molar-refractivity contribution in [1.29, 1.82) is 0 Å². The third-order valence-electron chi connectivity index (χ3n) is 4.53. The summed E-state index contributed by atoms with van der Waals surface area (Å²) in [5.41, 5.74) is 2.58. The van der Waals surface area contributed by atoms with Crippen molar-refractivity contribution in [3.05, 3.63) is 57.7 Å². The summed E-state index contributed by atoms with van der Waals surface area (Å²) in [6, 6.07) is 12.4. The van der Waals surface area contributed by atoms with Gasteiger partial charge in [-0.1, -0.05) is 30.3 Å². The number of aromatic nitrogens is 3. The fourth-order valence-electron chi connectivity index (χ4n) is 3.31. The number of H-pyrrole nitrogens is 1. The SMILES string of the molecule is O=C(CCn1c(-c2cccs2)n[nH]c1=S)NC1CCc2ccccc21. The van der Waals surface area contributed by atoms with Crippen molar-refractivity contribution in [2.75, 3.05) is 0 Å². The van der Waals surface area contributed by atoms with E-state index in [4.69, 9.17) is 12.2 Å². The number of hydrogen-bond donors (Lipinski definition) is 2. The fourth-order valence-corrected chi connectivity index (χ4v) is 4.25. The topological polar surface area (TPSA) is 62.7 Å². The second-order valence-electron chi connectivity index (χ2n) is 6.09. The summed E-state index contributed by atoms with van der Waals surface area (Å²) >= 11 is 6.92. The summed E-state index contributed by atoms with van der Waals surface area (Å²) in [5.74, 6) is 0.834. The molecule has 0 fully saturated rings. The number of benzene rings is 1. The van der Waals surface area contributed by atoms with Gasteiger partial charge in [0.25, 0.3) is 0 Å². The zero-order valence-electron chi connectivity index (χ0n) is 13.6. The molecule has 0 aliphatic heterocycles. The van der Waals surface area contributed by atoms with Gasteiger partial charge in [-0.3, -0.25) is 14.5 Å². The van der Waals surface area contributed by atoms with E-state index in [1.165, 1.54) is 11.1 Å². The number of thiophene rings is 1. The van der Waals surface area contributed by atoms with Crippen molar-refractivity contribution < 1.29 is 4.79 Å². The van der Waals surface area contributed by atoms with Gasteiger partial charge in [0.1, 0.15) is 0 Å². The Balaban J connectivity index is 1.42. The molecule has 0 spiro atoms. The van der Waals surface area contributed by atoms with Gasteiger partial charge in [0.05, 0.1) is 10.9 Å². The first-order chi connectivity index (χ1) is 12.2. The smallest absolute Gasteiger partial charge is 0.222 e. The van der Waals surface area contributed by atoms with Gasteiger partial charge in [-0.05, 0) is 47.6 Å². The summed E-state index contributed by atoms with van der Waals surface area (Å²) < 4.78 is 2.44. The van der Waals surface area contributed by atoms with Crippen molar-refractivity contribution in [3.8, 4) is 10.7 Å². The summed E-state index contributed by atoms with van der Waals surface area (Å²) in [4.78, 5) is 13.5. The lowest BCUT2D eigenvalue weighted by Crippen LogP contribution is -2.28. The zero-order valence-corrected chi connectivity index (χ0v) is 15.2. The highest BCUT2D eigenvalue weighted by Crippen LogP contribution is 2.30. The summed E-state index contributed by atoms with van der Waals surface area (Å²) in [6.45, 7) is 0.517. The normalized spacial score (nSPS) is 15.9. The first-order valence-electron chi connectivity index (χ1n) is 8.28. The highest BCUT2D eigenvalue weighted by atomic mass is 32.1. The van der Waals surface area contributed by atoms with Crippen LogP contribution in [0.2, 0.25) is 0 Å². The Hall–Kier alpha value is -2.25. The zero-order chi connectivity index (χ0) is 17.2. The predicted molar refractivity (Wildman–Crippen MR) is 101 cm³/mol. The van der Waals surface area contributed by atoms with E-state index >= 15 is 0 Å². The number of aryl methyl sites for hydroxylation is 1. The molecule has 1 atom stereocenters. The van der Waals surface area contributed by atoms with Crippen LogP contribution in [-0.4, -0.2) is 20.7 Å². The highest BCUT2D eigenvalue weighted by Gasteiger charge is 2.23. The monoisotopic (exact) mass is 370 g/mol. The first-order valence-corrected chi connectivity index (χ1v) is 9.57. The largest absolute Gasteiger partial charge is 0.349 e. The average Bonchev–Trinajstić information content (AvgIpc) is 3.34. The molecule has 0 bridgehead atoms. The molecule has 128 valence electrons. The van der Waals surface area contributed by atoms with Crippen molar-refractivity contribution in [3.63, 3.8) is 0 Å². The second-order valence-corrected chi connectivity index (χ2v) is 7.42. The Morgan fingerprint density at radius 2 is 2.24 bits per heavy atom. The van der Waals surface area contributed by atoms with Crippen molar-refractivity contribution >= 4 is 29.5 Å². The summed E-state index contributed by atoms with van der Waals surface area (Å²) in [6.07, 6.45) is 2.37. The summed E-state index contributed by atoms with van der Waals surface area (Å²) in [7, 11) is 0. The summed E-state index contributed by atoms with van der Waals surface area (Å²) in [5, 5.41) is 12.3. The number of carbonyl (C=O) groups excluding carboxylic acids is 1. The minimum absolute atomic E-state index is 0.0435. The molecule has 4 rings (SSSR count). The number of carbonyl (C=O) groups is 1. The molecule has 7 heteroatoms. The van der Waals surface area contributed by atoms with Gasteiger partial charge in [0, 0.05) is 13.0 Å². The lowest BCUT2D eigenvalue weighted by Gasteiger charge is -2.14. The van der Waals surface area contributed by atoms with Gasteiger partial charge < -0.3 is 5.32 Å². The molecule has 2 heterocycles. The van der Waals surface area contributed by atoms with Crippen molar-refractivity contribution in [2.45, 2.75) is 31.8 Å². The van der Waals surface area contributed by atoms with Gasteiger partial charge >= 0.3 is 0 Å². The number of nitrogens with zero attached hydrogens (tertiary/aromatic N) is 2. The van der Waals surface area contributed by atoms with Crippen LogP contribution in [0.1, 0.15) is 30.0 Å². The third-order valence-corrected chi connectivity index (χ3v) is 5.71. The first kappa shape index (κ1) is 16.2. The Bertz CT molecular complexity index is 942. The van der Waals surface area contributed by atoms with E-state index in [9.17, 15) is 4.79 Å². The Labute approximate surface area is 154 Å². The quantitative estimate of drug-likeness (QED) is 0.670. The molecule has 1 amide bonds. The number of amides is 1. The molecule has 25 heavy (non-hydrogen) atoms.